The molecule has 0 bridgehead atoms. The van der Waals surface area contributed by atoms with Crippen molar-refractivity contribution in [3.8, 4) is 0 Å². The van der Waals surface area contributed by atoms with Gasteiger partial charge in [-0.25, -0.2) is 0 Å². The largest absolute Gasteiger partial charge is 0.376 e. The van der Waals surface area contributed by atoms with Crippen molar-refractivity contribution in [2.75, 3.05) is 5.32 Å². The van der Waals surface area contributed by atoms with Gasteiger partial charge in [0, 0.05) is 11.5 Å². The van der Waals surface area contributed by atoms with Crippen molar-refractivity contribution >= 4 is 40.5 Å². The van der Waals surface area contributed by atoms with Gasteiger partial charge in [-0.05, 0) is 36.0 Å². The maximum atomic E-state index is 6.52. The Hall–Kier alpha value is -1.15. The summed E-state index contributed by atoms with van der Waals surface area (Å²) in [5, 5.41) is 5.41. The summed E-state index contributed by atoms with van der Waals surface area (Å²) in [5.74, 6) is 0.679. The number of hydrogen-bond acceptors (Lipinski definition) is 1. The van der Waals surface area contributed by atoms with Gasteiger partial charge in [0.25, 0.3) is 0 Å². The molecule has 0 unspecified atom stereocenters. The molecule has 0 aromatic heterocycles. The Morgan fingerprint density at radius 3 is 2.54 bits per heavy atom. The smallest absolute Gasteiger partial charge is 0.0656 e. The maximum Gasteiger partial charge on any atom is 0.0656 e. The van der Waals surface area contributed by atoms with Crippen molar-refractivity contribution in [2.45, 2.75) is 31.7 Å². The molecule has 0 radical (unpaired) electrons. The quantitative estimate of drug-likeness (QED) is 0.436. The predicted molar refractivity (Wildman–Crippen MR) is 104 cm³/mol. The zero-order valence-electron chi connectivity index (χ0n) is 13.3. The molecule has 4 rings (SSSR count). The van der Waals surface area contributed by atoms with E-state index in [9.17, 15) is 0 Å². The van der Waals surface area contributed by atoms with Crippen LogP contribution in [0.15, 0.2) is 42.5 Å². The molecule has 1 aliphatic heterocycles. The lowest BCUT2D eigenvalue weighted by molar-refractivity contribution is 0.425. The number of rotatable bonds is 2. The monoisotopic (exact) mass is 377 g/mol. The molecule has 1 heterocycles. The first-order valence-electron chi connectivity index (χ1n) is 8.29. The molecule has 2 aromatic rings. The summed E-state index contributed by atoms with van der Waals surface area (Å²) in [5.41, 5.74) is 4.60. The van der Waals surface area contributed by atoms with Gasteiger partial charge >= 0.3 is 0 Å². The highest BCUT2D eigenvalue weighted by atomic mass is 35.5. The van der Waals surface area contributed by atoms with Gasteiger partial charge in [-0.2, -0.15) is 0 Å². The zero-order chi connectivity index (χ0) is 16.8. The van der Waals surface area contributed by atoms with Crippen LogP contribution in [0.5, 0.6) is 0 Å². The minimum Gasteiger partial charge on any atom is -0.376 e. The highest BCUT2D eigenvalue weighted by Crippen LogP contribution is 2.54. The second kappa shape index (κ2) is 6.29. The van der Waals surface area contributed by atoms with Gasteiger partial charge < -0.3 is 5.32 Å². The molecule has 0 fully saturated rings. The number of halogens is 3. The molecule has 2 aromatic carbocycles. The summed E-state index contributed by atoms with van der Waals surface area (Å²) in [6.45, 7) is 2.17. The number of aryl methyl sites for hydroxylation is 1. The second-order valence-corrected chi connectivity index (χ2v) is 7.71. The molecule has 0 saturated carbocycles. The Morgan fingerprint density at radius 2 is 1.83 bits per heavy atom. The lowest BCUT2D eigenvalue weighted by atomic mass is 9.77. The topological polar surface area (TPSA) is 12.0 Å². The van der Waals surface area contributed by atoms with Crippen molar-refractivity contribution < 1.29 is 0 Å². The summed E-state index contributed by atoms with van der Waals surface area (Å²) in [4.78, 5) is 0. The van der Waals surface area contributed by atoms with Crippen LogP contribution in [-0.4, -0.2) is 0 Å². The van der Waals surface area contributed by atoms with Gasteiger partial charge in [-0.1, -0.05) is 78.1 Å². The number of fused-ring (bicyclic) bond motifs is 3. The van der Waals surface area contributed by atoms with E-state index in [-0.39, 0.29) is 12.0 Å². The Labute approximate surface area is 157 Å². The van der Waals surface area contributed by atoms with E-state index in [1.165, 1.54) is 11.1 Å². The third-order valence-electron chi connectivity index (χ3n) is 5.23. The van der Waals surface area contributed by atoms with Crippen molar-refractivity contribution in [1.29, 1.82) is 0 Å². The SMILES string of the molecule is CCc1ccc([C@@H]2Nc3c(Cl)cc(Cl)c(Cl)c3[C@@H]3C=CC[C@H]32)cc1. The molecule has 4 heteroatoms. The fraction of sp³-hybridized carbons (Fsp3) is 0.300. The standard InChI is InChI=1S/C20H18Cl3N/c1-2-11-6-8-12(9-7-11)19-14-5-3-4-13(14)17-18(23)15(21)10-16(22)20(17)24-19/h3-4,6-10,13-14,19,24H,2,5H2,1H3/t13-,14-,19+/m1/s1. The number of hydrogen-bond donors (Lipinski definition) is 1. The summed E-state index contributed by atoms with van der Waals surface area (Å²) in [7, 11) is 0. The van der Waals surface area contributed by atoms with Crippen molar-refractivity contribution in [1.82, 2.24) is 0 Å². The van der Waals surface area contributed by atoms with Crippen LogP contribution in [0.2, 0.25) is 15.1 Å². The number of anilines is 1. The Morgan fingerprint density at radius 1 is 1.08 bits per heavy atom. The van der Waals surface area contributed by atoms with Gasteiger partial charge in [-0.3, -0.25) is 0 Å². The van der Waals surface area contributed by atoms with Gasteiger partial charge in [-0.15, -0.1) is 0 Å². The number of allylic oxidation sites excluding steroid dienone is 2. The Bertz CT molecular complexity index is 811. The average molecular weight is 379 g/mol. The van der Waals surface area contributed by atoms with E-state index >= 15 is 0 Å². The number of nitrogens with one attached hydrogen (secondary N) is 1. The molecule has 124 valence electrons. The molecule has 1 nitrogen and oxygen atoms in total. The lowest BCUT2D eigenvalue weighted by Gasteiger charge is -2.38. The van der Waals surface area contributed by atoms with Crippen molar-refractivity contribution in [3.05, 3.63) is 74.2 Å². The normalized spacial score (nSPS) is 24.4. The zero-order valence-corrected chi connectivity index (χ0v) is 15.6. The second-order valence-electron chi connectivity index (χ2n) is 6.51. The first-order valence-corrected chi connectivity index (χ1v) is 9.43. The van der Waals surface area contributed by atoms with Gasteiger partial charge in [0.1, 0.15) is 0 Å². The predicted octanol–water partition coefficient (Wildman–Crippen LogP) is 7.04. The Kier molecular flexibility index (Phi) is 4.28. The van der Waals surface area contributed by atoms with E-state index in [0.29, 0.717) is 21.0 Å². The van der Waals surface area contributed by atoms with E-state index in [2.05, 4.69) is 48.7 Å². The van der Waals surface area contributed by atoms with Gasteiger partial charge in [0.05, 0.1) is 26.8 Å². The molecular weight excluding hydrogens is 361 g/mol. The van der Waals surface area contributed by atoms with Crippen molar-refractivity contribution in [2.24, 2.45) is 5.92 Å². The third kappa shape index (κ3) is 2.54. The van der Waals surface area contributed by atoms with Crippen LogP contribution in [-0.2, 0) is 6.42 Å². The van der Waals surface area contributed by atoms with Crippen LogP contribution >= 0.6 is 34.8 Å². The molecule has 0 spiro atoms. The van der Waals surface area contributed by atoms with E-state index in [0.717, 1.165) is 24.1 Å². The van der Waals surface area contributed by atoms with Crippen LogP contribution in [0.25, 0.3) is 0 Å². The van der Waals surface area contributed by atoms with Crippen molar-refractivity contribution in [3.63, 3.8) is 0 Å². The highest BCUT2D eigenvalue weighted by molar-refractivity contribution is 6.44. The van der Waals surface area contributed by atoms with Crippen LogP contribution < -0.4 is 5.32 Å². The molecule has 1 aliphatic carbocycles. The summed E-state index contributed by atoms with van der Waals surface area (Å²) >= 11 is 19.3. The molecule has 24 heavy (non-hydrogen) atoms. The first kappa shape index (κ1) is 16.3. The fourth-order valence-electron chi connectivity index (χ4n) is 3.95. The van der Waals surface area contributed by atoms with Crippen LogP contribution in [0.4, 0.5) is 5.69 Å². The van der Waals surface area contributed by atoms with E-state index < -0.39 is 0 Å². The average Bonchev–Trinajstić information content (AvgIpc) is 3.08. The Balaban J connectivity index is 1.81. The van der Waals surface area contributed by atoms with Crippen LogP contribution in [0.3, 0.4) is 0 Å². The summed E-state index contributed by atoms with van der Waals surface area (Å²) in [6, 6.07) is 10.8. The molecule has 0 amide bonds. The van der Waals surface area contributed by atoms with E-state index in [1.807, 2.05) is 0 Å². The third-order valence-corrected chi connectivity index (χ3v) is 6.33. The van der Waals surface area contributed by atoms with E-state index in [4.69, 9.17) is 34.8 Å². The first-order chi connectivity index (χ1) is 11.6. The van der Waals surface area contributed by atoms with Crippen LogP contribution in [0, 0.1) is 5.92 Å². The molecule has 2 aliphatic rings. The molecule has 3 atom stereocenters. The fourth-order valence-corrected chi connectivity index (χ4v) is 4.76. The minimum absolute atomic E-state index is 0.221. The minimum atomic E-state index is 0.221. The lowest BCUT2D eigenvalue weighted by Crippen LogP contribution is -2.29. The van der Waals surface area contributed by atoms with Crippen LogP contribution in [0.1, 0.15) is 42.0 Å². The summed E-state index contributed by atoms with van der Waals surface area (Å²) in [6.07, 6.45) is 6.56. The highest BCUT2D eigenvalue weighted by Gasteiger charge is 2.40. The number of benzene rings is 2. The summed E-state index contributed by atoms with van der Waals surface area (Å²) < 4.78 is 0. The maximum absolute atomic E-state index is 6.52. The van der Waals surface area contributed by atoms with Gasteiger partial charge in [0.15, 0.2) is 0 Å². The molecular formula is C20H18Cl3N. The van der Waals surface area contributed by atoms with E-state index in [1.54, 1.807) is 6.07 Å². The van der Waals surface area contributed by atoms with Gasteiger partial charge in [0.2, 0.25) is 0 Å². The molecule has 1 N–H and O–H groups in total. The molecule has 0 saturated heterocycles.